The van der Waals surface area contributed by atoms with Gasteiger partial charge >= 0.3 is 6.09 Å². The van der Waals surface area contributed by atoms with Crippen molar-refractivity contribution in [2.45, 2.75) is 71.4 Å². The molecule has 0 radical (unpaired) electrons. The van der Waals surface area contributed by atoms with Crippen molar-refractivity contribution in [1.29, 1.82) is 0 Å². The van der Waals surface area contributed by atoms with Crippen LogP contribution in [0.3, 0.4) is 0 Å². The fraction of sp³-hybridized carbons (Fsp3) is 0.483. The molecule has 1 N–H and O–H groups in total. The maximum Gasteiger partial charge on any atom is 0.415 e. The van der Waals surface area contributed by atoms with Crippen molar-refractivity contribution in [3.05, 3.63) is 48.7 Å². The minimum absolute atomic E-state index is 0.0522. The highest BCUT2D eigenvalue weighted by Crippen LogP contribution is 2.37. The molecule has 0 fully saturated rings. The molecule has 3 aromatic rings. The Kier molecular flexibility index (Phi) is 8.85. The predicted molar refractivity (Wildman–Crippen MR) is 154 cm³/mol. The zero-order valence-corrected chi connectivity index (χ0v) is 25.0. The maximum atomic E-state index is 12.3. The number of amides is 1. The fourth-order valence-corrected chi connectivity index (χ4v) is 4.75. The number of carbonyl (C=O) groups excluding carboxylic acids is 1. The number of benzene rings is 1. The highest BCUT2D eigenvalue weighted by Gasteiger charge is 2.39. The van der Waals surface area contributed by atoms with E-state index in [1.165, 1.54) is 4.90 Å². The van der Waals surface area contributed by atoms with Crippen LogP contribution < -0.4 is 9.64 Å². The summed E-state index contributed by atoms with van der Waals surface area (Å²) < 4.78 is 17.7. The van der Waals surface area contributed by atoms with E-state index in [0.717, 1.165) is 22.2 Å². The molecule has 8 nitrogen and oxygen atoms in total. The van der Waals surface area contributed by atoms with Crippen molar-refractivity contribution in [2.24, 2.45) is 0 Å². The highest BCUT2D eigenvalue weighted by molar-refractivity contribution is 6.74. The van der Waals surface area contributed by atoms with E-state index >= 15 is 0 Å². The lowest BCUT2D eigenvalue weighted by molar-refractivity contribution is 0.0588. The topological polar surface area (TPSA) is 94.0 Å². The van der Waals surface area contributed by atoms with Gasteiger partial charge in [-0.05, 0) is 75.3 Å². The largest absolute Gasteiger partial charge is 0.491 e. The van der Waals surface area contributed by atoms with Gasteiger partial charge in [-0.3, -0.25) is 4.90 Å². The first-order valence-corrected chi connectivity index (χ1v) is 15.8. The molecule has 2 aromatic heterocycles. The van der Waals surface area contributed by atoms with Crippen molar-refractivity contribution >= 4 is 31.1 Å². The average molecular weight is 540 g/mol. The van der Waals surface area contributed by atoms with Gasteiger partial charge in [-0.1, -0.05) is 26.8 Å². The molecule has 0 saturated heterocycles. The molecule has 3 rings (SSSR count). The van der Waals surface area contributed by atoms with Gasteiger partial charge in [0.25, 0.3) is 0 Å². The lowest BCUT2D eigenvalue weighted by Crippen LogP contribution is -2.46. The third-order valence-electron chi connectivity index (χ3n) is 6.62. The lowest BCUT2D eigenvalue weighted by atomic mass is 10.1. The molecule has 1 aromatic carbocycles. The number of hydrogen-bond acceptors (Lipinski definition) is 7. The van der Waals surface area contributed by atoms with E-state index in [1.54, 1.807) is 19.3 Å². The van der Waals surface area contributed by atoms with Gasteiger partial charge in [0.1, 0.15) is 29.9 Å². The third kappa shape index (κ3) is 7.52. The van der Waals surface area contributed by atoms with Gasteiger partial charge in [0.15, 0.2) is 8.32 Å². The second-order valence-corrected chi connectivity index (χ2v) is 16.7. The summed E-state index contributed by atoms with van der Waals surface area (Å²) in [5.41, 5.74) is 1.85. The standard InChI is InChI=1S/C29H41N3O5Si/c1-28(2,3)36-27(34)32(7)26-15-11-21(17-30-26)25-13-10-20-16-22(12-14-24(20)31-25)35-19-23(18-33)37-38(8,9)29(4,5)6/h10-17,23,33H,18-19H2,1-9H3/t23-/m1/s1. The molecule has 0 aliphatic carbocycles. The van der Waals surface area contributed by atoms with E-state index in [-0.39, 0.29) is 24.4 Å². The smallest absolute Gasteiger partial charge is 0.415 e. The molecule has 0 saturated carbocycles. The first kappa shape index (κ1) is 29.5. The first-order chi connectivity index (χ1) is 17.6. The summed E-state index contributed by atoms with van der Waals surface area (Å²) in [5.74, 6) is 1.19. The van der Waals surface area contributed by atoms with Crippen LogP contribution in [0.1, 0.15) is 41.5 Å². The Morgan fingerprint density at radius 2 is 1.76 bits per heavy atom. The quantitative estimate of drug-likeness (QED) is 0.330. The summed E-state index contributed by atoms with van der Waals surface area (Å²) in [7, 11) is -0.384. The van der Waals surface area contributed by atoms with Gasteiger partial charge in [-0.15, -0.1) is 0 Å². The molecule has 0 aliphatic heterocycles. The van der Waals surface area contributed by atoms with Gasteiger partial charge in [-0.25, -0.2) is 14.8 Å². The van der Waals surface area contributed by atoms with Gasteiger partial charge in [0, 0.05) is 24.2 Å². The van der Waals surface area contributed by atoms with E-state index in [9.17, 15) is 9.90 Å². The van der Waals surface area contributed by atoms with Crippen molar-refractivity contribution in [1.82, 2.24) is 9.97 Å². The van der Waals surface area contributed by atoms with Gasteiger partial charge < -0.3 is 19.0 Å². The minimum atomic E-state index is -2.02. The van der Waals surface area contributed by atoms with Crippen LogP contribution in [0.25, 0.3) is 22.2 Å². The fourth-order valence-electron chi connectivity index (χ4n) is 3.42. The van der Waals surface area contributed by atoms with Crippen LogP contribution in [0.5, 0.6) is 5.75 Å². The molecule has 0 unspecified atom stereocenters. The summed E-state index contributed by atoms with van der Waals surface area (Å²) in [6.45, 7) is 16.5. The normalized spacial score (nSPS) is 13.3. The molecule has 206 valence electrons. The SMILES string of the molecule is CN(C(=O)OC(C)(C)C)c1ccc(-c2ccc3cc(OC[C@@H](CO)O[Si](C)(C)C(C)(C)C)ccc3n2)cn1. The number of pyridine rings is 2. The number of ether oxygens (including phenoxy) is 2. The number of aliphatic hydroxyl groups excluding tert-OH is 1. The first-order valence-electron chi connectivity index (χ1n) is 12.8. The molecule has 1 atom stereocenters. The molecular weight excluding hydrogens is 498 g/mol. The molecule has 38 heavy (non-hydrogen) atoms. The summed E-state index contributed by atoms with van der Waals surface area (Å²) in [6.07, 6.45) is 0.854. The van der Waals surface area contributed by atoms with Crippen LogP contribution in [0, 0.1) is 0 Å². The monoisotopic (exact) mass is 539 g/mol. The van der Waals surface area contributed by atoms with Crippen molar-refractivity contribution < 1.29 is 23.8 Å². The Balaban J connectivity index is 1.69. The Labute approximate surface area is 227 Å². The minimum Gasteiger partial charge on any atom is -0.491 e. The molecular formula is C29H41N3O5Si. The molecule has 1 amide bonds. The summed E-state index contributed by atoms with van der Waals surface area (Å²) in [6, 6.07) is 13.3. The van der Waals surface area contributed by atoms with Gasteiger partial charge in [0.2, 0.25) is 0 Å². The summed E-state index contributed by atoms with van der Waals surface area (Å²) in [4.78, 5) is 22.9. The van der Waals surface area contributed by atoms with E-state index in [4.69, 9.17) is 18.9 Å². The predicted octanol–water partition coefficient (Wildman–Crippen LogP) is 6.43. The van der Waals surface area contributed by atoms with Gasteiger partial charge in [-0.2, -0.15) is 0 Å². The molecule has 2 heterocycles. The maximum absolute atomic E-state index is 12.3. The number of aliphatic hydroxyl groups is 1. The van der Waals surface area contributed by atoms with E-state index in [1.807, 2.05) is 57.2 Å². The third-order valence-corrected chi connectivity index (χ3v) is 11.2. The average Bonchev–Trinajstić information content (AvgIpc) is 2.84. The van der Waals surface area contributed by atoms with Gasteiger partial charge in [0.05, 0.1) is 17.8 Å². The van der Waals surface area contributed by atoms with Crippen molar-refractivity contribution in [3.8, 4) is 17.0 Å². The number of rotatable bonds is 8. The number of fused-ring (bicyclic) bond motifs is 1. The van der Waals surface area contributed by atoms with E-state index in [2.05, 4.69) is 38.8 Å². The number of hydrogen-bond donors (Lipinski definition) is 1. The van der Waals surface area contributed by atoms with Crippen molar-refractivity contribution in [3.63, 3.8) is 0 Å². The Morgan fingerprint density at radius 3 is 2.34 bits per heavy atom. The van der Waals surface area contributed by atoms with Crippen LogP contribution in [0.15, 0.2) is 48.7 Å². The number of carbonyl (C=O) groups is 1. The Bertz CT molecular complexity index is 1250. The van der Waals surface area contributed by atoms with Crippen LogP contribution in [0.2, 0.25) is 18.1 Å². The van der Waals surface area contributed by atoms with Crippen molar-refractivity contribution in [2.75, 3.05) is 25.2 Å². The van der Waals surface area contributed by atoms with E-state index in [0.29, 0.717) is 11.6 Å². The zero-order valence-electron chi connectivity index (χ0n) is 24.0. The number of nitrogens with zero attached hydrogens (tertiary/aromatic N) is 3. The summed E-state index contributed by atoms with van der Waals surface area (Å²) >= 11 is 0. The lowest BCUT2D eigenvalue weighted by Gasteiger charge is -2.38. The molecule has 0 bridgehead atoms. The zero-order chi connectivity index (χ0) is 28.3. The summed E-state index contributed by atoms with van der Waals surface area (Å²) in [5, 5.41) is 10.8. The van der Waals surface area contributed by atoms with Crippen LogP contribution in [-0.2, 0) is 9.16 Å². The second-order valence-electron chi connectivity index (χ2n) is 12.0. The highest BCUT2D eigenvalue weighted by atomic mass is 28.4. The molecule has 0 aliphatic rings. The van der Waals surface area contributed by atoms with Crippen LogP contribution in [0.4, 0.5) is 10.6 Å². The Morgan fingerprint density at radius 1 is 1.05 bits per heavy atom. The molecule has 0 spiro atoms. The van der Waals surface area contributed by atoms with Crippen LogP contribution in [-0.4, -0.2) is 61.5 Å². The van der Waals surface area contributed by atoms with E-state index < -0.39 is 20.0 Å². The van der Waals surface area contributed by atoms with Crippen LogP contribution >= 0.6 is 0 Å². The number of anilines is 1. The second kappa shape index (κ2) is 11.4. The number of aromatic nitrogens is 2. The molecule has 9 heteroatoms. The Hall–Kier alpha value is -3.01.